The summed E-state index contributed by atoms with van der Waals surface area (Å²) < 4.78 is 0. The minimum Gasteiger partial charge on any atom is -0.478 e. The Morgan fingerprint density at radius 2 is 1.86 bits per heavy atom. The van der Waals surface area contributed by atoms with E-state index in [4.69, 9.17) is 0 Å². The zero-order valence-electron chi connectivity index (χ0n) is 15.9. The fraction of sp³-hybridized carbons (Fsp3) is 0.227. The SMILES string of the molecule is O=C(O)C(=Cc1c[nH]c2nccc(NC(=O)N3CCCCC3)c12)c1ccccc1. The summed E-state index contributed by atoms with van der Waals surface area (Å²) in [4.78, 5) is 33.7. The molecule has 0 saturated carbocycles. The maximum Gasteiger partial charge on any atom is 0.336 e. The zero-order chi connectivity index (χ0) is 20.2. The van der Waals surface area contributed by atoms with Gasteiger partial charge in [0.25, 0.3) is 0 Å². The van der Waals surface area contributed by atoms with Gasteiger partial charge in [-0.3, -0.25) is 0 Å². The van der Waals surface area contributed by atoms with E-state index in [0.717, 1.165) is 32.4 Å². The first kappa shape index (κ1) is 18.7. The number of hydrogen-bond acceptors (Lipinski definition) is 3. The molecule has 0 spiro atoms. The van der Waals surface area contributed by atoms with Crippen molar-refractivity contribution in [3.8, 4) is 0 Å². The van der Waals surface area contributed by atoms with Gasteiger partial charge in [0.15, 0.2) is 0 Å². The number of anilines is 1. The van der Waals surface area contributed by atoms with Crippen LogP contribution in [0, 0.1) is 0 Å². The third-order valence-electron chi connectivity index (χ3n) is 5.10. The molecule has 0 radical (unpaired) electrons. The van der Waals surface area contributed by atoms with Gasteiger partial charge in [-0.15, -0.1) is 0 Å². The smallest absolute Gasteiger partial charge is 0.336 e. The Labute approximate surface area is 168 Å². The highest BCUT2D eigenvalue weighted by Gasteiger charge is 2.19. The number of carbonyl (C=O) groups is 2. The number of hydrogen-bond donors (Lipinski definition) is 3. The van der Waals surface area contributed by atoms with Crippen molar-refractivity contribution in [2.75, 3.05) is 18.4 Å². The number of aliphatic carboxylic acids is 1. The Morgan fingerprint density at radius 3 is 2.59 bits per heavy atom. The number of carboxylic acid groups (broad SMARTS) is 1. The Balaban J connectivity index is 1.72. The Morgan fingerprint density at radius 1 is 1.10 bits per heavy atom. The van der Waals surface area contributed by atoms with Gasteiger partial charge in [0.1, 0.15) is 5.65 Å². The molecule has 29 heavy (non-hydrogen) atoms. The molecule has 7 nitrogen and oxygen atoms in total. The summed E-state index contributed by atoms with van der Waals surface area (Å²) in [5, 5.41) is 13.4. The van der Waals surface area contributed by atoms with Gasteiger partial charge >= 0.3 is 12.0 Å². The number of urea groups is 1. The topological polar surface area (TPSA) is 98.3 Å². The number of rotatable bonds is 4. The van der Waals surface area contributed by atoms with E-state index < -0.39 is 5.97 Å². The predicted molar refractivity (Wildman–Crippen MR) is 112 cm³/mol. The molecule has 0 atom stereocenters. The second-order valence-electron chi connectivity index (χ2n) is 7.03. The van der Waals surface area contributed by atoms with Crippen LogP contribution in [0.1, 0.15) is 30.4 Å². The van der Waals surface area contributed by atoms with Gasteiger partial charge in [-0.1, -0.05) is 30.3 Å². The van der Waals surface area contributed by atoms with Gasteiger partial charge in [-0.05, 0) is 37.0 Å². The number of carboxylic acids is 1. The number of likely N-dealkylation sites (tertiary alicyclic amines) is 1. The average molecular weight is 390 g/mol. The molecular formula is C22H22N4O3. The van der Waals surface area contributed by atoms with Crippen LogP contribution in [0.2, 0.25) is 0 Å². The molecular weight excluding hydrogens is 368 g/mol. The van der Waals surface area contributed by atoms with Crippen LogP contribution in [0.4, 0.5) is 10.5 Å². The van der Waals surface area contributed by atoms with E-state index in [0.29, 0.717) is 27.8 Å². The number of aromatic amines is 1. The normalized spacial score (nSPS) is 14.8. The third-order valence-corrected chi connectivity index (χ3v) is 5.10. The molecule has 1 saturated heterocycles. The fourth-order valence-electron chi connectivity index (χ4n) is 3.63. The van der Waals surface area contributed by atoms with Crippen LogP contribution in [0.5, 0.6) is 0 Å². The van der Waals surface area contributed by atoms with E-state index in [9.17, 15) is 14.7 Å². The summed E-state index contributed by atoms with van der Waals surface area (Å²) >= 11 is 0. The van der Waals surface area contributed by atoms with Crippen LogP contribution in [0.15, 0.2) is 48.8 Å². The monoisotopic (exact) mass is 390 g/mol. The minimum absolute atomic E-state index is 0.144. The molecule has 0 aliphatic carbocycles. The first-order valence-corrected chi connectivity index (χ1v) is 9.66. The van der Waals surface area contributed by atoms with Crippen LogP contribution in [-0.2, 0) is 4.79 Å². The molecule has 1 aromatic carbocycles. The number of nitrogens with one attached hydrogen (secondary N) is 2. The first-order chi connectivity index (χ1) is 14.1. The maximum absolute atomic E-state index is 12.7. The highest BCUT2D eigenvalue weighted by Crippen LogP contribution is 2.29. The van der Waals surface area contributed by atoms with Crippen molar-refractivity contribution in [1.82, 2.24) is 14.9 Å². The Kier molecular flexibility index (Phi) is 5.29. The second-order valence-corrected chi connectivity index (χ2v) is 7.03. The lowest BCUT2D eigenvalue weighted by Crippen LogP contribution is -2.38. The lowest BCUT2D eigenvalue weighted by atomic mass is 10.0. The van der Waals surface area contributed by atoms with E-state index in [1.165, 1.54) is 0 Å². The molecule has 3 N–H and O–H groups in total. The number of piperidine rings is 1. The van der Waals surface area contributed by atoms with Gasteiger partial charge in [-0.2, -0.15) is 0 Å². The molecule has 4 rings (SSSR count). The van der Waals surface area contributed by atoms with Gasteiger partial charge in [0.2, 0.25) is 0 Å². The number of H-pyrrole nitrogens is 1. The summed E-state index contributed by atoms with van der Waals surface area (Å²) in [6.45, 7) is 1.49. The molecule has 0 bridgehead atoms. The summed E-state index contributed by atoms with van der Waals surface area (Å²) in [6.07, 6.45) is 8.10. The van der Waals surface area contributed by atoms with Gasteiger partial charge < -0.3 is 20.3 Å². The largest absolute Gasteiger partial charge is 0.478 e. The molecule has 1 aliphatic heterocycles. The second kappa shape index (κ2) is 8.18. The van der Waals surface area contributed by atoms with Crippen LogP contribution < -0.4 is 5.32 Å². The van der Waals surface area contributed by atoms with Crippen molar-refractivity contribution in [2.45, 2.75) is 19.3 Å². The number of pyridine rings is 1. The van der Waals surface area contributed by atoms with E-state index in [-0.39, 0.29) is 11.6 Å². The van der Waals surface area contributed by atoms with E-state index in [2.05, 4.69) is 15.3 Å². The Bertz CT molecular complexity index is 1070. The highest BCUT2D eigenvalue weighted by atomic mass is 16.4. The lowest BCUT2D eigenvalue weighted by Gasteiger charge is -2.26. The number of fused-ring (bicyclic) bond motifs is 1. The lowest BCUT2D eigenvalue weighted by molar-refractivity contribution is -0.130. The molecule has 2 aromatic heterocycles. The van der Waals surface area contributed by atoms with Crippen LogP contribution in [-0.4, -0.2) is 45.1 Å². The van der Waals surface area contributed by atoms with Gasteiger partial charge in [0.05, 0.1) is 11.3 Å². The van der Waals surface area contributed by atoms with Gasteiger partial charge in [0, 0.05) is 36.4 Å². The Hall–Kier alpha value is -3.61. The van der Waals surface area contributed by atoms with Gasteiger partial charge in [-0.25, -0.2) is 14.6 Å². The minimum atomic E-state index is -1.02. The van der Waals surface area contributed by atoms with Crippen molar-refractivity contribution >= 4 is 40.4 Å². The molecule has 2 amide bonds. The molecule has 148 valence electrons. The number of nitrogens with zero attached hydrogens (tertiary/aromatic N) is 2. The van der Waals surface area contributed by atoms with Crippen molar-refractivity contribution in [3.63, 3.8) is 0 Å². The molecule has 1 aliphatic rings. The number of aromatic nitrogens is 2. The quantitative estimate of drug-likeness (QED) is 0.581. The number of benzene rings is 1. The van der Waals surface area contributed by atoms with Crippen molar-refractivity contribution < 1.29 is 14.7 Å². The maximum atomic E-state index is 12.7. The predicted octanol–water partition coefficient (Wildman–Crippen LogP) is 4.21. The van der Waals surface area contributed by atoms with Crippen LogP contribution >= 0.6 is 0 Å². The first-order valence-electron chi connectivity index (χ1n) is 9.66. The highest BCUT2D eigenvalue weighted by molar-refractivity contribution is 6.22. The van der Waals surface area contributed by atoms with Crippen molar-refractivity contribution in [1.29, 1.82) is 0 Å². The summed E-state index contributed by atoms with van der Waals surface area (Å²) in [5.74, 6) is -1.02. The fourth-order valence-corrected chi connectivity index (χ4v) is 3.63. The number of carbonyl (C=O) groups excluding carboxylic acids is 1. The third kappa shape index (κ3) is 3.99. The molecule has 7 heteroatoms. The van der Waals surface area contributed by atoms with E-state index >= 15 is 0 Å². The summed E-state index contributed by atoms with van der Waals surface area (Å²) in [6, 6.07) is 10.5. The molecule has 3 aromatic rings. The molecule has 3 heterocycles. The zero-order valence-corrected chi connectivity index (χ0v) is 15.9. The average Bonchev–Trinajstić information content (AvgIpc) is 3.17. The van der Waals surface area contributed by atoms with Crippen molar-refractivity contribution in [2.24, 2.45) is 0 Å². The summed E-state index contributed by atoms with van der Waals surface area (Å²) in [7, 11) is 0. The molecule has 1 fully saturated rings. The summed E-state index contributed by atoms with van der Waals surface area (Å²) in [5.41, 5.74) is 2.63. The molecule has 0 unspecified atom stereocenters. The number of amides is 2. The van der Waals surface area contributed by atoms with Crippen LogP contribution in [0.3, 0.4) is 0 Å². The standard InChI is InChI=1S/C22H22N4O3/c27-21(28)17(15-7-3-1-4-8-15)13-16-14-24-20-19(16)18(9-10-23-20)25-22(29)26-11-5-2-6-12-26/h1,3-4,7-10,13-14H,2,5-6,11-12H2,(H,27,28)(H2,23,24,25,29). The van der Waals surface area contributed by atoms with Crippen LogP contribution in [0.25, 0.3) is 22.7 Å². The van der Waals surface area contributed by atoms with Crippen molar-refractivity contribution in [3.05, 3.63) is 59.9 Å². The van der Waals surface area contributed by atoms with E-state index in [1.807, 2.05) is 11.0 Å². The van der Waals surface area contributed by atoms with E-state index in [1.54, 1.807) is 48.8 Å².